The number of likely N-dealkylation sites (N-methyl/N-ethyl adjacent to an activating group) is 1. The van der Waals surface area contributed by atoms with Crippen molar-refractivity contribution in [1.82, 2.24) is 4.90 Å². The molecule has 0 aliphatic carbocycles. The van der Waals surface area contributed by atoms with Crippen molar-refractivity contribution in [3.63, 3.8) is 0 Å². The minimum atomic E-state index is -0.441. The molecule has 2 atom stereocenters. The molecule has 0 saturated carbocycles. The Morgan fingerprint density at radius 3 is 2.71 bits per heavy atom. The standard InChI is InChI=1S/C12H19BrN2O2/c1-4-8(2)11(14)12(16)15(3)7-9-5-6-10(13)17-9/h5-6,8,11H,4,7,14H2,1-3H3/t8?,11-/m0/s1. The lowest BCUT2D eigenvalue weighted by Crippen LogP contribution is -2.45. The molecule has 1 heterocycles. The van der Waals surface area contributed by atoms with Gasteiger partial charge in [-0.05, 0) is 34.0 Å². The fourth-order valence-electron chi connectivity index (χ4n) is 1.50. The van der Waals surface area contributed by atoms with Crippen LogP contribution in [0.3, 0.4) is 0 Å². The summed E-state index contributed by atoms with van der Waals surface area (Å²) in [5.74, 6) is 0.879. The molecule has 0 spiro atoms. The molecule has 96 valence electrons. The van der Waals surface area contributed by atoms with Gasteiger partial charge in [0.25, 0.3) is 0 Å². The first-order valence-corrected chi connectivity index (χ1v) is 6.49. The zero-order chi connectivity index (χ0) is 13.0. The van der Waals surface area contributed by atoms with Crippen molar-refractivity contribution >= 4 is 21.8 Å². The van der Waals surface area contributed by atoms with Crippen LogP contribution in [0.15, 0.2) is 21.2 Å². The third-order valence-electron chi connectivity index (χ3n) is 2.94. The van der Waals surface area contributed by atoms with E-state index in [2.05, 4.69) is 15.9 Å². The van der Waals surface area contributed by atoms with Crippen LogP contribution in [-0.4, -0.2) is 23.9 Å². The quantitative estimate of drug-likeness (QED) is 0.908. The number of furan rings is 1. The Morgan fingerprint density at radius 1 is 1.59 bits per heavy atom. The lowest BCUT2D eigenvalue weighted by molar-refractivity contribution is -0.133. The highest BCUT2D eigenvalue weighted by molar-refractivity contribution is 9.10. The van der Waals surface area contributed by atoms with Gasteiger partial charge >= 0.3 is 0 Å². The molecular formula is C12H19BrN2O2. The maximum Gasteiger partial charge on any atom is 0.239 e. The Hall–Kier alpha value is -0.810. The molecule has 1 rings (SSSR count). The monoisotopic (exact) mass is 302 g/mol. The first-order valence-electron chi connectivity index (χ1n) is 5.70. The van der Waals surface area contributed by atoms with Crippen molar-refractivity contribution < 1.29 is 9.21 Å². The summed E-state index contributed by atoms with van der Waals surface area (Å²) in [6.45, 7) is 4.45. The minimum Gasteiger partial charge on any atom is -0.452 e. The molecule has 1 aromatic heterocycles. The van der Waals surface area contributed by atoms with Crippen LogP contribution in [0.4, 0.5) is 0 Å². The van der Waals surface area contributed by atoms with Gasteiger partial charge in [-0.15, -0.1) is 0 Å². The summed E-state index contributed by atoms with van der Waals surface area (Å²) in [5, 5.41) is 0. The van der Waals surface area contributed by atoms with Gasteiger partial charge in [-0.2, -0.15) is 0 Å². The zero-order valence-corrected chi connectivity index (χ0v) is 12.0. The second-order valence-corrected chi connectivity index (χ2v) is 5.09. The Kier molecular flexibility index (Phi) is 5.21. The van der Waals surface area contributed by atoms with E-state index < -0.39 is 6.04 Å². The summed E-state index contributed by atoms with van der Waals surface area (Å²) in [5.41, 5.74) is 5.90. The number of rotatable bonds is 5. The third-order valence-corrected chi connectivity index (χ3v) is 3.37. The van der Waals surface area contributed by atoms with Crippen molar-refractivity contribution in [2.24, 2.45) is 11.7 Å². The van der Waals surface area contributed by atoms with Crippen LogP contribution in [0.25, 0.3) is 0 Å². The SMILES string of the molecule is CCC(C)[C@H](N)C(=O)N(C)Cc1ccc(Br)o1. The molecule has 1 aromatic rings. The molecule has 2 N–H and O–H groups in total. The van der Waals surface area contributed by atoms with Gasteiger partial charge in [0.05, 0.1) is 12.6 Å². The molecule has 1 unspecified atom stereocenters. The second-order valence-electron chi connectivity index (χ2n) is 4.31. The molecule has 0 aliphatic rings. The fraction of sp³-hybridized carbons (Fsp3) is 0.583. The number of hydrogen-bond donors (Lipinski definition) is 1. The van der Waals surface area contributed by atoms with E-state index in [4.69, 9.17) is 10.2 Å². The summed E-state index contributed by atoms with van der Waals surface area (Å²) in [6.07, 6.45) is 0.896. The molecule has 0 radical (unpaired) electrons. The molecule has 1 amide bonds. The van der Waals surface area contributed by atoms with E-state index in [0.717, 1.165) is 12.2 Å². The zero-order valence-electron chi connectivity index (χ0n) is 10.4. The van der Waals surface area contributed by atoms with E-state index in [1.54, 1.807) is 11.9 Å². The predicted molar refractivity (Wildman–Crippen MR) is 70.3 cm³/mol. The summed E-state index contributed by atoms with van der Waals surface area (Å²) in [6, 6.07) is 3.20. The number of carbonyl (C=O) groups excluding carboxylic acids is 1. The molecule has 5 heteroatoms. The molecular weight excluding hydrogens is 284 g/mol. The third kappa shape index (κ3) is 3.85. The minimum absolute atomic E-state index is 0.0492. The molecule has 0 fully saturated rings. The molecule has 17 heavy (non-hydrogen) atoms. The van der Waals surface area contributed by atoms with Crippen molar-refractivity contribution in [3.05, 3.63) is 22.6 Å². The highest BCUT2D eigenvalue weighted by Gasteiger charge is 2.23. The van der Waals surface area contributed by atoms with Crippen LogP contribution in [-0.2, 0) is 11.3 Å². The lowest BCUT2D eigenvalue weighted by Gasteiger charge is -2.23. The Balaban J connectivity index is 2.58. The largest absolute Gasteiger partial charge is 0.452 e. The first kappa shape index (κ1) is 14.3. The van der Waals surface area contributed by atoms with Crippen LogP contribution in [0, 0.1) is 5.92 Å². The van der Waals surface area contributed by atoms with Crippen molar-refractivity contribution in [2.75, 3.05) is 7.05 Å². The van der Waals surface area contributed by atoms with Gasteiger partial charge in [0, 0.05) is 7.05 Å². The average molecular weight is 303 g/mol. The van der Waals surface area contributed by atoms with Gasteiger partial charge in [-0.25, -0.2) is 0 Å². The number of amides is 1. The molecule has 0 aromatic carbocycles. The van der Waals surface area contributed by atoms with E-state index in [1.807, 2.05) is 26.0 Å². The molecule has 0 aliphatic heterocycles. The summed E-state index contributed by atoms with van der Waals surface area (Å²) in [7, 11) is 1.74. The van der Waals surface area contributed by atoms with Gasteiger partial charge in [-0.3, -0.25) is 4.79 Å². The second kappa shape index (κ2) is 6.21. The van der Waals surface area contributed by atoms with E-state index in [1.165, 1.54) is 0 Å². The van der Waals surface area contributed by atoms with E-state index in [-0.39, 0.29) is 11.8 Å². The average Bonchev–Trinajstić information content (AvgIpc) is 2.71. The first-order chi connectivity index (χ1) is 7.95. The highest BCUT2D eigenvalue weighted by atomic mass is 79.9. The normalized spacial score (nSPS) is 14.4. The Labute approximate surface area is 110 Å². The van der Waals surface area contributed by atoms with E-state index in [0.29, 0.717) is 11.2 Å². The van der Waals surface area contributed by atoms with Crippen LogP contribution in [0.2, 0.25) is 0 Å². The Bertz CT molecular complexity index is 378. The fourth-order valence-corrected chi connectivity index (χ4v) is 1.84. The van der Waals surface area contributed by atoms with Crippen LogP contribution in [0.5, 0.6) is 0 Å². The number of halogens is 1. The molecule has 0 saturated heterocycles. The number of hydrogen-bond acceptors (Lipinski definition) is 3. The van der Waals surface area contributed by atoms with Crippen molar-refractivity contribution in [3.8, 4) is 0 Å². The topological polar surface area (TPSA) is 59.5 Å². The lowest BCUT2D eigenvalue weighted by atomic mass is 9.99. The van der Waals surface area contributed by atoms with Gasteiger partial charge in [0.2, 0.25) is 5.91 Å². The number of nitrogens with two attached hydrogens (primary N) is 1. The maximum atomic E-state index is 12.0. The van der Waals surface area contributed by atoms with Gasteiger partial charge in [0.15, 0.2) is 4.67 Å². The van der Waals surface area contributed by atoms with Crippen molar-refractivity contribution in [2.45, 2.75) is 32.9 Å². The van der Waals surface area contributed by atoms with Gasteiger partial charge in [0.1, 0.15) is 5.76 Å². The van der Waals surface area contributed by atoms with Crippen LogP contribution in [0.1, 0.15) is 26.0 Å². The summed E-state index contributed by atoms with van der Waals surface area (Å²) < 4.78 is 6.02. The van der Waals surface area contributed by atoms with Gasteiger partial charge < -0.3 is 15.1 Å². The smallest absolute Gasteiger partial charge is 0.239 e. The highest BCUT2D eigenvalue weighted by Crippen LogP contribution is 2.16. The Morgan fingerprint density at radius 2 is 2.24 bits per heavy atom. The van der Waals surface area contributed by atoms with Crippen LogP contribution < -0.4 is 5.73 Å². The van der Waals surface area contributed by atoms with Crippen LogP contribution >= 0.6 is 15.9 Å². The summed E-state index contributed by atoms with van der Waals surface area (Å²) in [4.78, 5) is 13.6. The number of carbonyl (C=O) groups is 1. The van der Waals surface area contributed by atoms with E-state index >= 15 is 0 Å². The predicted octanol–water partition coefficient (Wildman–Crippen LogP) is 2.37. The maximum absolute atomic E-state index is 12.0. The molecule has 4 nitrogen and oxygen atoms in total. The van der Waals surface area contributed by atoms with E-state index in [9.17, 15) is 4.79 Å². The van der Waals surface area contributed by atoms with Gasteiger partial charge in [-0.1, -0.05) is 20.3 Å². The van der Waals surface area contributed by atoms with Crippen molar-refractivity contribution in [1.29, 1.82) is 0 Å². The molecule has 0 bridgehead atoms. The number of nitrogens with zero attached hydrogens (tertiary/aromatic N) is 1. The summed E-state index contributed by atoms with van der Waals surface area (Å²) >= 11 is 3.23.